The van der Waals surface area contributed by atoms with Gasteiger partial charge in [-0.3, -0.25) is 14.8 Å². The van der Waals surface area contributed by atoms with Crippen molar-refractivity contribution < 1.29 is 36.4 Å². The van der Waals surface area contributed by atoms with Gasteiger partial charge in [0, 0.05) is 25.2 Å². The van der Waals surface area contributed by atoms with E-state index in [1.54, 1.807) is 18.2 Å². The van der Waals surface area contributed by atoms with E-state index < -0.39 is 51.0 Å². The van der Waals surface area contributed by atoms with Crippen LogP contribution in [0.1, 0.15) is 35.6 Å². The molecule has 10 nitrogen and oxygen atoms in total. The van der Waals surface area contributed by atoms with Gasteiger partial charge in [-0.1, -0.05) is 24.3 Å². The minimum absolute atomic E-state index is 0.138. The fourth-order valence-corrected chi connectivity index (χ4v) is 5.75. The van der Waals surface area contributed by atoms with Gasteiger partial charge in [0.15, 0.2) is 0 Å². The second-order valence-electron chi connectivity index (χ2n) is 9.28. The lowest BCUT2D eigenvalue weighted by atomic mass is 10.0. The molecule has 0 saturated carbocycles. The third kappa shape index (κ3) is 5.37. The number of aromatic nitrogens is 2. The Morgan fingerprint density at radius 2 is 1.76 bits per heavy atom. The first-order chi connectivity index (χ1) is 17.8. The monoisotopic (exact) mass is 553 g/mol. The number of imidazole rings is 1. The van der Waals surface area contributed by atoms with Gasteiger partial charge in [-0.25, -0.2) is 18.9 Å². The Labute approximate surface area is 216 Å². The average Bonchev–Trinajstić information content (AvgIpc) is 3.46. The zero-order valence-electron chi connectivity index (χ0n) is 20.4. The molecule has 14 heteroatoms. The highest BCUT2D eigenvalue weighted by Gasteiger charge is 2.44. The molecule has 204 valence electrons. The molecule has 3 aromatic rings. The Morgan fingerprint density at radius 1 is 1.11 bits per heavy atom. The molecule has 2 aromatic carbocycles. The first kappa shape index (κ1) is 27.5. The SMILES string of the molecule is CC(C)S(=O)(=O)N1C[C@H](C(=O)NO)[C@H](NC(=O)c2ccc(Cn3c(C(F)(F)F)nc4ccccc43)cc2)C1. The maximum absolute atomic E-state index is 13.6. The molecule has 0 aliphatic carbocycles. The van der Waals surface area contributed by atoms with E-state index in [4.69, 9.17) is 5.21 Å². The molecule has 1 aliphatic rings. The summed E-state index contributed by atoms with van der Waals surface area (Å²) in [5.74, 6) is -3.49. The maximum atomic E-state index is 13.6. The fourth-order valence-electron chi connectivity index (χ4n) is 4.42. The Kier molecular flexibility index (Phi) is 7.50. The van der Waals surface area contributed by atoms with Crippen LogP contribution in [0.5, 0.6) is 0 Å². The Balaban J connectivity index is 1.52. The third-order valence-corrected chi connectivity index (χ3v) is 8.68. The van der Waals surface area contributed by atoms with E-state index in [1.807, 2.05) is 0 Å². The molecule has 1 saturated heterocycles. The highest BCUT2D eigenvalue weighted by Crippen LogP contribution is 2.32. The summed E-state index contributed by atoms with van der Waals surface area (Å²) in [6, 6.07) is 11.2. The lowest BCUT2D eigenvalue weighted by molar-refractivity contribution is -0.146. The molecule has 0 radical (unpaired) electrons. The van der Waals surface area contributed by atoms with Crippen LogP contribution in [-0.4, -0.2) is 63.7 Å². The van der Waals surface area contributed by atoms with E-state index in [2.05, 4.69) is 10.3 Å². The van der Waals surface area contributed by atoms with Crippen LogP contribution in [0.15, 0.2) is 48.5 Å². The van der Waals surface area contributed by atoms with E-state index in [0.717, 1.165) is 8.87 Å². The molecule has 4 rings (SSSR count). The first-order valence-electron chi connectivity index (χ1n) is 11.7. The van der Waals surface area contributed by atoms with E-state index in [9.17, 15) is 31.2 Å². The van der Waals surface area contributed by atoms with E-state index in [-0.39, 0.29) is 30.7 Å². The minimum Gasteiger partial charge on any atom is -0.347 e. The molecule has 0 spiro atoms. The van der Waals surface area contributed by atoms with Gasteiger partial charge in [-0.05, 0) is 43.7 Å². The smallest absolute Gasteiger partial charge is 0.347 e. The summed E-state index contributed by atoms with van der Waals surface area (Å²) < 4.78 is 68.1. The van der Waals surface area contributed by atoms with Crippen LogP contribution >= 0.6 is 0 Å². The van der Waals surface area contributed by atoms with Crippen LogP contribution in [0, 0.1) is 5.92 Å². The minimum atomic E-state index is -4.66. The van der Waals surface area contributed by atoms with Crippen molar-refractivity contribution in [1.29, 1.82) is 0 Å². The van der Waals surface area contributed by atoms with Gasteiger partial charge in [0.05, 0.1) is 28.2 Å². The van der Waals surface area contributed by atoms with Crippen molar-refractivity contribution in [2.75, 3.05) is 13.1 Å². The zero-order chi connectivity index (χ0) is 27.8. The number of nitrogens with zero attached hydrogens (tertiary/aromatic N) is 3. The van der Waals surface area contributed by atoms with Crippen LogP contribution in [-0.2, 0) is 27.5 Å². The van der Waals surface area contributed by atoms with Crippen LogP contribution < -0.4 is 10.8 Å². The van der Waals surface area contributed by atoms with Crippen molar-refractivity contribution in [3.63, 3.8) is 0 Å². The van der Waals surface area contributed by atoms with Crippen molar-refractivity contribution in [1.82, 2.24) is 24.7 Å². The predicted molar refractivity (Wildman–Crippen MR) is 131 cm³/mol. The number of halogens is 3. The van der Waals surface area contributed by atoms with E-state index in [0.29, 0.717) is 11.1 Å². The summed E-state index contributed by atoms with van der Waals surface area (Å²) in [6.45, 7) is 2.48. The predicted octanol–water partition coefficient (Wildman–Crippen LogP) is 2.38. The van der Waals surface area contributed by atoms with Crippen molar-refractivity contribution in [2.24, 2.45) is 5.92 Å². The summed E-state index contributed by atoms with van der Waals surface area (Å²) in [5, 5.41) is 11.0. The average molecular weight is 554 g/mol. The number of alkyl halides is 3. The van der Waals surface area contributed by atoms with Gasteiger partial charge in [-0.2, -0.15) is 17.5 Å². The number of benzene rings is 2. The number of carbonyl (C=O) groups is 2. The lowest BCUT2D eigenvalue weighted by Crippen LogP contribution is -2.45. The van der Waals surface area contributed by atoms with Crippen molar-refractivity contribution in [3.8, 4) is 0 Å². The van der Waals surface area contributed by atoms with Gasteiger partial charge >= 0.3 is 6.18 Å². The fraction of sp³-hybridized carbons (Fsp3) is 0.375. The number of sulfonamides is 1. The number of fused-ring (bicyclic) bond motifs is 1. The van der Waals surface area contributed by atoms with Crippen LogP contribution in [0.2, 0.25) is 0 Å². The Morgan fingerprint density at radius 3 is 2.37 bits per heavy atom. The summed E-state index contributed by atoms with van der Waals surface area (Å²) in [7, 11) is -3.71. The van der Waals surface area contributed by atoms with Crippen LogP contribution in [0.4, 0.5) is 13.2 Å². The number of hydrogen-bond acceptors (Lipinski definition) is 6. The number of carbonyl (C=O) groups excluding carboxylic acids is 2. The quantitative estimate of drug-likeness (QED) is 0.304. The Bertz CT molecular complexity index is 1450. The van der Waals surface area contributed by atoms with Crippen molar-refractivity contribution >= 4 is 32.9 Å². The standard InChI is InChI=1S/C24H26F3N5O5S/c1-14(2)38(36,37)31-12-17(22(34)30-35)19(13-31)28-21(33)16-9-7-15(8-10-16)11-32-20-6-4-3-5-18(20)29-23(32)24(25,26)27/h3-10,14,17,19,35H,11-13H2,1-2H3,(H,28,33)(H,30,34)/t17-,19+/m0/s1. The van der Waals surface area contributed by atoms with Crippen LogP contribution in [0.3, 0.4) is 0 Å². The largest absolute Gasteiger partial charge is 0.449 e. The molecular weight excluding hydrogens is 527 g/mol. The number of nitrogens with one attached hydrogen (secondary N) is 2. The second kappa shape index (κ2) is 10.3. The number of para-hydroxylation sites is 2. The van der Waals surface area contributed by atoms with E-state index >= 15 is 0 Å². The molecule has 1 fully saturated rings. The topological polar surface area (TPSA) is 134 Å². The first-order valence-corrected chi connectivity index (χ1v) is 13.2. The molecule has 0 bridgehead atoms. The molecule has 38 heavy (non-hydrogen) atoms. The van der Waals surface area contributed by atoms with Gasteiger partial charge in [0.2, 0.25) is 21.8 Å². The number of amides is 2. The van der Waals surface area contributed by atoms with Crippen LogP contribution in [0.25, 0.3) is 11.0 Å². The molecule has 0 unspecified atom stereocenters. The van der Waals surface area contributed by atoms with Crippen molar-refractivity contribution in [2.45, 2.75) is 37.9 Å². The van der Waals surface area contributed by atoms with Crippen molar-refractivity contribution in [3.05, 3.63) is 65.5 Å². The molecule has 2 atom stereocenters. The number of rotatable bonds is 7. The lowest BCUT2D eigenvalue weighted by Gasteiger charge is -2.19. The summed E-state index contributed by atoms with van der Waals surface area (Å²) >= 11 is 0. The maximum Gasteiger partial charge on any atom is 0.449 e. The summed E-state index contributed by atoms with van der Waals surface area (Å²) in [4.78, 5) is 28.8. The number of hydrogen-bond donors (Lipinski definition) is 3. The molecule has 1 aromatic heterocycles. The summed E-state index contributed by atoms with van der Waals surface area (Å²) in [6.07, 6.45) is -4.66. The molecule has 2 amide bonds. The third-order valence-electron chi connectivity index (χ3n) is 6.47. The second-order valence-corrected chi connectivity index (χ2v) is 11.8. The molecular formula is C24H26F3N5O5S. The van der Waals surface area contributed by atoms with Gasteiger partial charge in [0.25, 0.3) is 5.91 Å². The van der Waals surface area contributed by atoms with Gasteiger partial charge < -0.3 is 9.88 Å². The number of hydroxylamine groups is 1. The molecule has 1 aliphatic heterocycles. The molecule has 2 heterocycles. The highest BCUT2D eigenvalue weighted by atomic mass is 32.2. The normalized spacial score (nSPS) is 18.7. The summed E-state index contributed by atoms with van der Waals surface area (Å²) in [5.41, 5.74) is 2.68. The molecule has 3 N–H and O–H groups in total. The van der Waals surface area contributed by atoms with E-state index in [1.165, 1.54) is 49.7 Å². The van der Waals surface area contributed by atoms with Gasteiger partial charge in [-0.15, -0.1) is 0 Å². The zero-order valence-corrected chi connectivity index (χ0v) is 21.3. The Hall–Kier alpha value is -3.49. The van der Waals surface area contributed by atoms with Gasteiger partial charge in [0.1, 0.15) is 0 Å². The highest BCUT2D eigenvalue weighted by molar-refractivity contribution is 7.89.